The molecule has 6 nitrogen and oxygen atoms in total. The topological polar surface area (TPSA) is 95.9 Å². The molecule has 0 aromatic carbocycles. The molecule has 0 radical (unpaired) electrons. The van der Waals surface area contributed by atoms with Gasteiger partial charge in [-0.25, -0.2) is 0 Å². The predicted molar refractivity (Wildman–Crippen MR) is 320 cm³/mol. The number of amides is 1. The number of esters is 1. The van der Waals surface area contributed by atoms with E-state index in [1.807, 2.05) is 0 Å². The van der Waals surface area contributed by atoms with Crippen LogP contribution in [0.5, 0.6) is 0 Å². The standard InChI is InChI=1S/C67H131NO5/c1-3-5-7-9-11-13-15-17-18-33-36-39-43-47-51-55-59-65(70)64(63-69)68-66(71)60-56-52-48-44-40-37-34-31-29-27-25-23-21-19-20-22-24-26-28-30-32-35-38-42-46-50-54-58-62-73-67(72)61-57-53-49-45-41-16-14-12-10-8-6-4-2/h19-20,64-65,69-70H,3-18,21-63H2,1-2H3,(H,68,71)/b20-19-. The van der Waals surface area contributed by atoms with Gasteiger partial charge in [0.25, 0.3) is 0 Å². The highest BCUT2D eigenvalue weighted by atomic mass is 16.5. The first-order valence-electron chi connectivity index (χ1n) is 33.4. The van der Waals surface area contributed by atoms with Crippen LogP contribution >= 0.6 is 0 Å². The van der Waals surface area contributed by atoms with Gasteiger partial charge in [-0.3, -0.25) is 9.59 Å². The highest BCUT2D eigenvalue weighted by Gasteiger charge is 2.20. The van der Waals surface area contributed by atoms with Gasteiger partial charge in [0.15, 0.2) is 0 Å². The van der Waals surface area contributed by atoms with Gasteiger partial charge in [-0.2, -0.15) is 0 Å². The van der Waals surface area contributed by atoms with E-state index in [-0.39, 0.29) is 18.5 Å². The summed E-state index contributed by atoms with van der Waals surface area (Å²) in [6.45, 7) is 4.98. The quantitative estimate of drug-likeness (QED) is 0.0320. The zero-order valence-corrected chi connectivity index (χ0v) is 49.6. The summed E-state index contributed by atoms with van der Waals surface area (Å²) in [5, 5.41) is 23.3. The zero-order valence-electron chi connectivity index (χ0n) is 49.6. The summed E-state index contributed by atoms with van der Waals surface area (Å²) in [6, 6.07) is -0.540. The third-order valence-corrected chi connectivity index (χ3v) is 15.8. The molecule has 0 spiro atoms. The monoisotopic (exact) mass is 1030 g/mol. The van der Waals surface area contributed by atoms with Crippen molar-refractivity contribution < 1.29 is 24.5 Å². The first-order chi connectivity index (χ1) is 36.0. The largest absolute Gasteiger partial charge is 0.466 e. The van der Waals surface area contributed by atoms with Crippen LogP contribution in [0.3, 0.4) is 0 Å². The molecular formula is C67H131NO5. The lowest BCUT2D eigenvalue weighted by Gasteiger charge is -2.22. The fourth-order valence-corrected chi connectivity index (χ4v) is 10.7. The predicted octanol–water partition coefficient (Wildman–Crippen LogP) is 21.2. The van der Waals surface area contributed by atoms with Crippen LogP contribution in [0.2, 0.25) is 0 Å². The van der Waals surface area contributed by atoms with Gasteiger partial charge in [-0.05, 0) is 51.4 Å². The lowest BCUT2D eigenvalue weighted by atomic mass is 10.0. The summed E-state index contributed by atoms with van der Waals surface area (Å²) in [5.41, 5.74) is 0. The molecule has 434 valence electrons. The minimum Gasteiger partial charge on any atom is -0.466 e. The number of unbranched alkanes of at least 4 members (excludes halogenated alkanes) is 50. The maximum atomic E-state index is 12.5. The summed E-state index contributed by atoms with van der Waals surface area (Å²) in [7, 11) is 0. The molecule has 0 aliphatic heterocycles. The molecular weight excluding hydrogens is 899 g/mol. The Balaban J connectivity index is 3.37. The van der Waals surface area contributed by atoms with E-state index < -0.39 is 12.1 Å². The second-order valence-electron chi connectivity index (χ2n) is 23.2. The smallest absolute Gasteiger partial charge is 0.305 e. The van der Waals surface area contributed by atoms with E-state index in [1.165, 1.54) is 308 Å². The maximum absolute atomic E-state index is 12.5. The number of nitrogens with one attached hydrogen (secondary N) is 1. The number of ether oxygens (including phenoxy) is 1. The van der Waals surface area contributed by atoms with Crippen molar-refractivity contribution in [3.8, 4) is 0 Å². The Bertz CT molecular complexity index is 1100. The van der Waals surface area contributed by atoms with Gasteiger partial charge in [-0.15, -0.1) is 0 Å². The molecule has 2 atom stereocenters. The number of aliphatic hydroxyl groups is 2. The van der Waals surface area contributed by atoms with E-state index in [0.717, 1.165) is 38.5 Å². The minimum absolute atomic E-state index is 0.0173. The number of rotatable bonds is 63. The lowest BCUT2D eigenvalue weighted by molar-refractivity contribution is -0.143. The van der Waals surface area contributed by atoms with Crippen molar-refractivity contribution in [3.63, 3.8) is 0 Å². The SMILES string of the molecule is CCCCCCCCCCCCCCCCCCC(O)C(CO)NC(=O)CCCCCCCCCCCCCC/C=C\CCCCCCCCCCCCCCOC(=O)CCCCCCCCCCCCCC. The van der Waals surface area contributed by atoms with Crippen molar-refractivity contribution in [1.82, 2.24) is 5.32 Å². The Hall–Kier alpha value is -1.40. The third kappa shape index (κ3) is 59.7. The van der Waals surface area contributed by atoms with Crippen molar-refractivity contribution in [2.45, 2.75) is 392 Å². The molecule has 6 heteroatoms. The zero-order chi connectivity index (χ0) is 52.9. The van der Waals surface area contributed by atoms with Crippen molar-refractivity contribution in [2.75, 3.05) is 13.2 Å². The third-order valence-electron chi connectivity index (χ3n) is 15.8. The van der Waals surface area contributed by atoms with Gasteiger partial charge in [0.05, 0.1) is 25.4 Å². The van der Waals surface area contributed by atoms with Crippen LogP contribution in [-0.2, 0) is 14.3 Å². The molecule has 0 heterocycles. The van der Waals surface area contributed by atoms with Crippen molar-refractivity contribution >= 4 is 11.9 Å². The number of hydrogen-bond acceptors (Lipinski definition) is 5. The number of allylic oxidation sites excluding steroid dienone is 2. The molecule has 0 fully saturated rings. The van der Waals surface area contributed by atoms with Crippen LogP contribution in [0, 0.1) is 0 Å². The summed E-state index contributed by atoms with van der Waals surface area (Å²) < 4.78 is 5.48. The average Bonchev–Trinajstić information content (AvgIpc) is 3.39. The molecule has 0 aromatic heterocycles. The van der Waals surface area contributed by atoms with Gasteiger partial charge in [-0.1, -0.05) is 328 Å². The Labute approximate surface area is 457 Å². The summed E-state index contributed by atoms with van der Waals surface area (Å²) in [6.07, 6.45) is 76.7. The van der Waals surface area contributed by atoms with Gasteiger partial charge >= 0.3 is 5.97 Å². The van der Waals surface area contributed by atoms with Crippen LogP contribution in [0.1, 0.15) is 380 Å². The molecule has 0 saturated carbocycles. The first kappa shape index (κ1) is 71.6. The van der Waals surface area contributed by atoms with Gasteiger partial charge in [0.2, 0.25) is 5.91 Å². The molecule has 0 aromatic rings. The molecule has 73 heavy (non-hydrogen) atoms. The Morgan fingerprint density at radius 3 is 0.973 bits per heavy atom. The van der Waals surface area contributed by atoms with Crippen LogP contribution < -0.4 is 5.32 Å². The number of hydrogen-bond donors (Lipinski definition) is 3. The van der Waals surface area contributed by atoms with Crippen LogP contribution in [0.15, 0.2) is 12.2 Å². The molecule has 0 saturated heterocycles. The second-order valence-corrected chi connectivity index (χ2v) is 23.2. The highest BCUT2D eigenvalue weighted by Crippen LogP contribution is 2.19. The normalized spacial score (nSPS) is 12.5. The molecule has 0 aliphatic rings. The highest BCUT2D eigenvalue weighted by molar-refractivity contribution is 5.76. The summed E-state index contributed by atoms with van der Waals surface area (Å²) >= 11 is 0. The minimum atomic E-state index is -0.663. The van der Waals surface area contributed by atoms with E-state index in [4.69, 9.17) is 4.74 Å². The first-order valence-corrected chi connectivity index (χ1v) is 33.4. The Morgan fingerprint density at radius 1 is 0.370 bits per heavy atom. The second kappa shape index (κ2) is 63.1. The van der Waals surface area contributed by atoms with Crippen molar-refractivity contribution in [3.05, 3.63) is 12.2 Å². The van der Waals surface area contributed by atoms with Crippen LogP contribution in [0.4, 0.5) is 0 Å². The molecule has 2 unspecified atom stereocenters. The van der Waals surface area contributed by atoms with E-state index in [9.17, 15) is 19.8 Å². The molecule has 0 bridgehead atoms. The number of carbonyl (C=O) groups excluding carboxylic acids is 2. The van der Waals surface area contributed by atoms with E-state index >= 15 is 0 Å². The van der Waals surface area contributed by atoms with Crippen LogP contribution in [0.25, 0.3) is 0 Å². The Kier molecular flexibility index (Phi) is 61.9. The number of aliphatic hydroxyl groups excluding tert-OH is 2. The van der Waals surface area contributed by atoms with Crippen molar-refractivity contribution in [1.29, 1.82) is 0 Å². The molecule has 0 aliphatic carbocycles. The fraction of sp³-hybridized carbons (Fsp3) is 0.940. The van der Waals surface area contributed by atoms with Crippen molar-refractivity contribution in [2.24, 2.45) is 0 Å². The molecule has 3 N–H and O–H groups in total. The van der Waals surface area contributed by atoms with Crippen LogP contribution in [-0.4, -0.2) is 47.4 Å². The summed E-state index contributed by atoms with van der Waals surface area (Å²) in [5.74, 6) is -0.0143. The maximum Gasteiger partial charge on any atom is 0.305 e. The molecule has 0 rings (SSSR count). The van der Waals surface area contributed by atoms with Gasteiger partial charge < -0.3 is 20.3 Å². The van der Waals surface area contributed by atoms with E-state index in [0.29, 0.717) is 25.9 Å². The van der Waals surface area contributed by atoms with E-state index in [1.54, 1.807) is 0 Å². The van der Waals surface area contributed by atoms with Gasteiger partial charge in [0.1, 0.15) is 0 Å². The van der Waals surface area contributed by atoms with E-state index in [2.05, 4.69) is 31.3 Å². The average molecular weight is 1030 g/mol. The Morgan fingerprint density at radius 2 is 0.644 bits per heavy atom. The number of carbonyl (C=O) groups is 2. The van der Waals surface area contributed by atoms with Gasteiger partial charge in [0, 0.05) is 12.8 Å². The summed E-state index contributed by atoms with van der Waals surface area (Å²) in [4.78, 5) is 24.5. The lowest BCUT2D eigenvalue weighted by Crippen LogP contribution is -2.45. The fourth-order valence-electron chi connectivity index (χ4n) is 10.7. The molecule has 1 amide bonds.